The first-order chi connectivity index (χ1) is 9.00. The van der Waals surface area contributed by atoms with Crippen LogP contribution in [0.2, 0.25) is 0 Å². The number of hydrogen-bond donors (Lipinski definition) is 1. The van der Waals surface area contributed by atoms with Crippen molar-refractivity contribution in [2.24, 2.45) is 0 Å². The van der Waals surface area contributed by atoms with Crippen molar-refractivity contribution >= 4 is 17.7 Å². The van der Waals surface area contributed by atoms with Crippen LogP contribution in [0.4, 0.5) is 0 Å². The predicted octanol–water partition coefficient (Wildman–Crippen LogP) is 2.49. The summed E-state index contributed by atoms with van der Waals surface area (Å²) in [5, 5.41) is 9.82. The topological polar surface area (TPSA) is 76.0 Å². The fourth-order valence-electron chi connectivity index (χ4n) is 1.41. The Morgan fingerprint density at radius 1 is 1.32 bits per heavy atom. The minimum Gasteiger partial charge on any atom is -0.480 e. The van der Waals surface area contributed by atoms with E-state index in [4.69, 9.17) is 0 Å². The van der Waals surface area contributed by atoms with Crippen LogP contribution >= 0.6 is 11.8 Å². The number of carbonyl (C=O) groups is 1. The first-order valence-corrected chi connectivity index (χ1v) is 6.45. The van der Waals surface area contributed by atoms with Gasteiger partial charge in [0.05, 0.1) is 0 Å². The van der Waals surface area contributed by atoms with Crippen LogP contribution in [0.1, 0.15) is 13.8 Å². The molecule has 19 heavy (non-hydrogen) atoms. The van der Waals surface area contributed by atoms with Crippen molar-refractivity contribution in [1.29, 1.82) is 0 Å². The molecule has 0 bridgehead atoms. The highest BCUT2D eigenvalue weighted by Gasteiger charge is 2.30. The van der Waals surface area contributed by atoms with E-state index in [1.54, 1.807) is 32.4 Å². The number of hydrogen-bond acceptors (Lipinski definition) is 5. The zero-order valence-corrected chi connectivity index (χ0v) is 11.4. The van der Waals surface area contributed by atoms with Crippen LogP contribution in [0.25, 0.3) is 11.1 Å². The molecule has 98 valence electrons. The van der Waals surface area contributed by atoms with E-state index in [1.807, 2.05) is 12.1 Å². The molecule has 0 fully saturated rings. The lowest BCUT2D eigenvalue weighted by Crippen LogP contribution is -2.27. The van der Waals surface area contributed by atoms with Crippen LogP contribution < -0.4 is 0 Å². The van der Waals surface area contributed by atoms with Crippen LogP contribution in [-0.2, 0) is 4.79 Å². The van der Waals surface area contributed by atoms with E-state index in [-0.39, 0.29) is 0 Å². The maximum Gasteiger partial charge on any atom is 0.319 e. The molecule has 0 saturated carbocycles. The van der Waals surface area contributed by atoms with Crippen LogP contribution in [0.15, 0.2) is 42.1 Å². The lowest BCUT2D eigenvalue weighted by molar-refractivity contribution is -0.138. The summed E-state index contributed by atoms with van der Waals surface area (Å²) in [5.74, 6) is -0.881. The Morgan fingerprint density at radius 2 is 2.11 bits per heavy atom. The standard InChI is InChI=1S/C13H13N3O2S/c1-13(2,12(17)18)19-11-10(7-15-8-16-11)9-4-3-5-14-6-9/h3-8H,1-2H3,(H,17,18). The van der Waals surface area contributed by atoms with Crippen molar-refractivity contribution in [3.05, 3.63) is 37.1 Å². The first-order valence-electron chi connectivity index (χ1n) is 5.63. The molecule has 0 atom stereocenters. The van der Waals surface area contributed by atoms with E-state index >= 15 is 0 Å². The van der Waals surface area contributed by atoms with E-state index in [2.05, 4.69) is 15.0 Å². The third-order valence-electron chi connectivity index (χ3n) is 2.52. The zero-order chi connectivity index (χ0) is 13.9. The summed E-state index contributed by atoms with van der Waals surface area (Å²) >= 11 is 1.20. The van der Waals surface area contributed by atoms with Crippen molar-refractivity contribution in [1.82, 2.24) is 15.0 Å². The van der Waals surface area contributed by atoms with Gasteiger partial charge in [-0.25, -0.2) is 9.97 Å². The van der Waals surface area contributed by atoms with E-state index < -0.39 is 10.7 Å². The SMILES string of the molecule is CC(C)(Sc1ncncc1-c1cccnc1)C(=O)O. The molecule has 2 aromatic rings. The molecule has 6 heteroatoms. The van der Waals surface area contributed by atoms with Crippen LogP contribution in [0.3, 0.4) is 0 Å². The van der Waals surface area contributed by atoms with Gasteiger partial charge in [-0.15, -0.1) is 0 Å². The maximum absolute atomic E-state index is 11.2. The van der Waals surface area contributed by atoms with Crippen molar-refractivity contribution in [3.8, 4) is 11.1 Å². The molecule has 0 aromatic carbocycles. The summed E-state index contributed by atoms with van der Waals surface area (Å²) in [4.78, 5) is 23.4. The van der Waals surface area contributed by atoms with Gasteiger partial charge in [-0.2, -0.15) is 0 Å². The fourth-order valence-corrected chi connectivity index (χ4v) is 2.36. The molecule has 0 aliphatic carbocycles. The van der Waals surface area contributed by atoms with Gasteiger partial charge >= 0.3 is 5.97 Å². The largest absolute Gasteiger partial charge is 0.480 e. The van der Waals surface area contributed by atoms with Crippen LogP contribution in [-0.4, -0.2) is 30.8 Å². The summed E-state index contributed by atoms with van der Waals surface area (Å²) in [6.07, 6.45) is 6.47. The third-order valence-corrected chi connectivity index (χ3v) is 3.72. The minimum atomic E-state index is -0.953. The van der Waals surface area contributed by atoms with Gasteiger partial charge in [-0.05, 0) is 19.9 Å². The number of aliphatic carboxylic acids is 1. The van der Waals surface area contributed by atoms with Crippen molar-refractivity contribution < 1.29 is 9.90 Å². The quantitative estimate of drug-likeness (QED) is 0.682. The zero-order valence-electron chi connectivity index (χ0n) is 10.6. The van der Waals surface area contributed by atoms with Crippen LogP contribution in [0.5, 0.6) is 0 Å². The summed E-state index contributed by atoms with van der Waals surface area (Å²) in [6.45, 7) is 3.30. The molecule has 2 aromatic heterocycles. The average molecular weight is 275 g/mol. The Labute approximate surface area is 115 Å². The molecule has 2 heterocycles. The maximum atomic E-state index is 11.2. The lowest BCUT2D eigenvalue weighted by atomic mass is 10.1. The molecule has 0 amide bonds. The Bertz CT molecular complexity index is 587. The molecular formula is C13H13N3O2S. The highest BCUT2D eigenvalue weighted by Crippen LogP contribution is 2.36. The number of carboxylic acids is 1. The summed E-state index contributed by atoms with van der Waals surface area (Å²) in [6, 6.07) is 3.71. The molecule has 0 aliphatic heterocycles. The second-order valence-electron chi connectivity index (χ2n) is 4.40. The van der Waals surface area contributed by atoms with E-state index in [1.165, 1.54) is 18.1 Å². The minimum absolute atomic E-state index is 0.635. The van der Waals surface area contributed by atoms with Crippen molar-refractivity contribution in [3.63, 3.8) is 0 Å². The monoisotopic (exact) mass is 275 g/mol. The molecule has 0 saturated heterocycles. The molecule has 0 aliphatic rings. The highest BCUT2D eigenvalue weighted by molar-refractivity contribution is 8.01. The number of aromatic nitrogens is 3. The lowest BCUT2D eigenvalue weighted by Gasteiger charge is -2.19. The van der Waals surface area contributed by atoms with Crippen molar-refractivity contribution in [2.45, 2.75) is 23.6 Å². The van der Waals surface area contributed by atoms with E-state index in [0.29, 0.717) is 5.03 Å². The number of rotatable bonds is 4. The Morgan fingerprint density at radius 3 is 2.74 bits per heavy atom. The molecule has 0 unspecified atom stereocenters. The van der Waals surface area contributed by atoms with E-state index in [0.717, 1.165) is 11.1 Å². The normalized spacial score (nSPS) is 11.3. The molecular weight excluding hydrogens is 262 g/mol. The number of carboxylic acid groups (broad SMARTS) is 1. The van der Waals surface area contributed by atoms with Gasteiger partial charge in [0, 0.05) is 29.7 Å². The second-order valence-corrected chi connectivity index (χ2v) is 6.01. The van der Waals surface area contributed by atoms with Gasteiger partial charge in [-0.3, -0.25) is 9.78 Å². The van der Waals surface area contributed by atoms with Gasteiger partial charge in [0.1, 0.15) is 16.1 Å². The Balaban J connectivity index is 2.40. The predicted molar refractivity (Wildman–Crippen MR) is 72.8 cm³/mol. The number of nitrogens with zero attached hydrogens (tertiary/aromatic N) is 3. The molecule has 5 nitrogen and oxygen atoms in total. The summed E-state index contributed by atoms with van der Waals surface area (Å²) in [5.41, 5.74) is 1.65. The van der Waals surface area contributed by atoms with Gasteiger partial charge in [0.15, 0.2) is 0 Å². The van der Waals surface area contributed by atoms with Gasteiger partial charge in [0.2, 0.25) is 0 Å². The Kier molecular flexibility index (Phi) is 3.80. The van der Waals surface area contributed by atoms with Crippen LogP contribution in [0, 0.1) is 0 Å². The fraction of sp³-hybridized carbons (Fsp3) is 0.231. The smallest absolute Gasteiger partial charge is 0.319 e. The molecule has 1 N–H and O–H groups in total. The number of pyridine rings is 1. The highest BCUT2D eigenvalue weighted by atomic mass is 32.2. The molecule has 0 radical (unpaired) electrons. The summed E-state index contributed by atoms with van der Waals surface area (Å²) in [7, 11) is 0. The first kappa shape index (κ1) is 13.5. The second kappa shape index (κ2) is 5.36. The Hall–Kier alpha value is -1.95. The average Bonchev–Trinajstić information content (AvgIpc) is 2.40. The summed E-state index contributed by atoms with van der Waals surface area (Å²) < 4.78 is -0.953. The van der Waals surface area contributed by atoms with Gasteiger partial charge in [-0.1, -0.05) is 17.8 Å². The third kappa shape index (κ3) is 3.08. The van der Waals surface area contributed by atoms with Gasteiger partial charge < -0.3 is 5.11 Å². The molecule has 0 spiro atoms. The molecule has 2 rings (SSSR count). The number of thioether (sulfide) groups is 1. The van der Waals surface area contributed by atoms with Crippen molar-refractivity contribution in [2.75, 3.05) is 0 Å². The van der Waals surface area contributed by atoms with E-state index in [9.17, 15) is 9.90 Å². The van der Waals surface area contributed by atoms with Gasteiger partial charge in [0.25, 0.3) is 0 Å².